The second-order valence-corrected chi connectivity index (χ2v) is 5.24. The summed E-state index contributed by atoms with van der Waals surface area (Å²) in [6, 6.07) is 7.98. The molecule has 1 N–H and O–H groups in total. The molecule has 0 saturated carbocycles. The van der Waals surface area contributed by atoms with E-state index < -0.39 is 15.7 Å². The molecule has 1 aromatic carbocycles. The molecule has 0 saturated heterocycles. The number of rotatable bonds is 4. The largest absolute Gasteiger partial charge is 0.355 e. The third-order valence-corrected chi connectivity index (χ3v) is 3.73. The van der Waals surface area contributed by atoms with Gasteiger partial charge < -0.3 is 5.32 Å². The number of nitrogens with one attached hydrogen (secondary N) is 1. The second kappa shape index (κ2) is 4.94. The van der Waals surface area contributed by atoms with Crippen LogP contribution < -0.4 is 5.32 Å². The number of amides is 1. The van der Waals surface area contributed by atoms with Crippen LogP contribution in [0.2, 0.25) is 0 Å². The van der Waals surface area contributed by atoms with Gasteiger partial charge in [0, 0.05) is 12.6 Å². The summed E-state index contributed by atoms with van der Waals surface area (Å²) < 4.78 is 23.6. The number of carbonyl (C=O) groups is 1. The van der Waals surface area contributed by atoms with Gasteiger partial charge in [-0.05, 0) is 12.1 Å². The van der Waals surface area contributed by atoms with E-state index in [9.17, 15) is 13.2 Å². The third kappa shape index (κ3) is 2.93. The quantitative estimate of drug-likeness (QED) is 0.789. The van der Waals surface area contributed by atoms with E-state index in [1.165, 1.54) is 19.2 Å². The molecule has 0 bridgehead atoms. The minimum atomic E-state index is -3.48. The van der Waals surface area contributed by atoms with E-state index in [4.69, 9.17) is 0 Å². The van der Waals surface area contributed by atoms with Crippen molar-refractivity contribution in [3.8, 4) is 0 Å². The van der Waals surface area contributed by atoms with Gasteiger partial charge in [-0.1, -0.05) is 24.8 Å². The fraction of sp³-hybridized carbons (Fsp3) is 0.182. The normalized spacial score (nSPS) is 10.8. The summed E-state index contributed by atoms with van der Waals surface area (Å²) in [4.78, 5) is 11.3. The molecule has 0 aromatic heterocycles. The van der Waals surface area contributed by atoms with Crippen LogP contribution in [0.4, 0.5) is 0 Å². The molecule has 0 aliphatic carbocycles. The summed E-state index contributed by atoms with van der Waals surface area (Å²) in [5.74, 6) is -0.823. The van der Waals surface area contributed by atoms with Gasteiger partial charge in [0.25, 0.3) is 0 Å². The van der Waals surface area contributed by atoms with E-state index >= 15 is 0 Å². The van der Waals surface area contributed by atoms with Crippen LogP contribution >= 0.6 is 0 Å². The van der Waals surface area contributed by atoms with Crippen molar-refractivity contribution in [2.45, 2.75) is 4.90 Å². The summed E-state index contributed by atoms with van der Waals surface area (Å²) >= 11 is 0. The first-order valence-corrected chi connectivity index (χ1v) is 6.30. The fourth-order valence-electron chi connectivity index (χ4n) is 1.18. The minimum absolute atomic E-state index is 0.0337. The lowest BCUT2D eigenvalue weighted by Crippen LogP contribution is -2.24. The molecular weight excluding hydrogens is 226 g/mol. The lowest BCUT2D eigenvalue weighted by molar-refractivity contribution is -0.116. The highest BCUT2D eigenvalue weighted by Crippen LogP contribution is 2.12. The first kappa shape index (κ1) is 12.4. The monoisotopic (exact) mass is 239 g/mol. The van der Waals surface area contributed by atoms with Gasteiger partial charge in [0.1, 0.15) is 0 Å². The highest BCUT2D eigenvalue weighted by Gasteiger charge is 2.18. The number of sulfone groups is 1. The Bertz CT molecular complexity index is 491. The van der Waals surface area contributed by atoms with Crippen LogP contribution in [-0.4, -0.2) is 27.1 Å². The first-order chi connectivity index (χ1) is 7.47. The van der Waals surface area contributed by atoms with Crippen LogP contribution in [0.5, 0.6) is 0 Å². The summed E-state index contributed by atoms with van der Waals surface area (Å²) in [5, 5.41) is 2.34. The Morgan fingerprint density at radius 3 is 2.38 bits per heavy atom. The van der Waals surface area contributed by atoms with Crippen molar-refractivity contribution in [3.05, 3.63) is 42.5 Å². The Morgan fingerprint density at radius 1 is 1.31 bits per heavy atom. The van der Waals surface area contributed by atoms with E-state index in [0.717, 1.165) is 0 Å². The number of hydrogen-bond donors (Lipinski definition) is 1. The van der Waals surface area contributed by atoms with Crippen molar-refractivity contribution in [1.82, 2.24) is 5.32 Å². The van der Waals surface area contributed by atoms with Crippen LogP contribution in [0.3, 0.4) is 0 Å². The van der Waals surface area contributed by atoms with Crippen molar-refractivity contribution in [2.75, 3.05) is 12.8 Å². The number of hydrogen-bond acceptors (Lipinski definition) is 3. The minimum Gasteiger partial charge on any atom is -0.355 e. The van der Waals surface area contributed by atoms with E-state index in [-0.39, 0.29) is 16.2 Å². The van der Waals surface area contributed by atoms with Crippen molar-refractivity contribution >= 4 is 15.7 Å². The third-order valence-electron chi connectivity index (χ3n) is 2.01. The Hall–Kier alpha value is -1.62. The standard InChI is InChI=1S/C11H13NO3S/c1-9(11(13)12-2)8-16(14,15)10-6-4-3-5-7-10/h3-7H,1,8H2,2H3,(H,12,13). The maximum atomic E-state index is 11.8. The van der Waals surface area contributed by atoms with Crippen molar-refractivity contribution < 1.29 is 13.2 Å². The van der Waals surface area contributed by atoms with Gasteiger partial charge in [0.05, 0.1) is 10.6 Å². The molecule has 0 radical (unpaired) electrons. The van der Waals surface area contributed by atoms with Crippen molar-refractivity contribution in [3.63, 3.8) is 0 Å². The van der Waals surface area contributed by atoms with Crippen molar-refractivity contribution in [1.29, 1.82) is 0 Å². The van der Waals surface area contributed by atoms with E-state index in [1.807, 2.05) is 0 Å². The molecule has 0 heterocycles. The predicted octanol–water partition coefficient (Wildman–Crippen LogP) is 0.762. The molecule has 5 heteroatoms. The van der Waals surface area contributed by atoms with Gasteiger partial charge in [-0.3, -0.25) is 4.79 Å². The zero-order chi connectivity index (χ0) is 12.2. The molecule has 0 aliphatic heterocycles. The maximum Gasteiger partial charge on any atom is 0.247 e. The summed E-state index contributed by atoms with van der Waals surface area (Å²) in [6.45, 7) is 3.44. The summed E-state index contributed by atoms with van der Waals surface area (Å²) in [5.41, 5.74) is 0.0337. The average molecular weight is 239 g/mol. The lowest BCUT2D eigenvalue weighted by atomic mass is 10.3. The predicted molar refractivity (Wildman–Crippen MR) is 61.7 cm³/mol. The van der Waals surface area contributed by atoms with Crippen molar-refractivity contribution in [2.24, 2.45) is 0 Å². The van der Waals surface area contributed by atoms with Gasteiger partial charge >= 0.3 is 0 Å². The van der Waals surface area contributed by atoms with Gasteiger partial charge in [-0.2, -0.15) is 0 Å². The van der Waals surface area contributed by atoms with Gasteiger partial charge in [0.2, 0.25) is 5.91 Å². The second-order valence-electron chi connectivity index (χ2n) is 3.25. The van der Waals surface area contributed by atoms with Gasteiger partial charge in [-0.25, -0.2) is 8.42 Å². The molecule has 1 rings (SSSR count). The van der Waals surface area contributed by atoms with Crippen LogP contribution in [0.15, 0.2) is 47.4 Å². The molecule has 0 unspecified atom stereocenters. The molecule has 0 spiro atoms. The Morgan fingerprint density at radius 2 is 1.88 bits per heavy atom. The molecule has 1 amide bonds. The first-order valence-electron chi connectivity index (χ1n) is 4.65. The summed E-state index contributed by atoms with van der Waals surface area (Å²) in [7, 11) is -2.04. The Balaban J connectivity index is 2.90. The number of carbonyl (C=O) groups excluding carboxylic acids is 1. The zero-order valence-corrected chi connectivity index (χ0v) is 9.75. The highest BCUT2D eigenvalue weighted by molar-refractivity contribution is 7.91. The SMILES string of the molecule is C=C(CS(=O)(=O)c1ccccc1)C(=O)NC. The molecule has 0 fully saturated rings. The van der Waals surface area contributed by atoms with Crippen LogP contribution in [-0.2, 0) is 14.6 Å². The molecule has 4 nitrogen and oxygen atoms in total. The maximum absolute atomic E-state index is 11.8. The smallest absolute Gasteiger partial charge is 0.247 e. The van der Waals surface area contributed by atoms with Crippen LogP contribution in [0.1, 0.15) is 0 Å². The topological polar surface area (TPSA) is 63.2 Å². The highest BCUT2D eigenvalue weighted by atomic mass is 32.2. The zero-order valence-electron chi connectivity index (χ0n) is 8.93. The fourth-order valence-corrected chi connectivity index (χ4v) is 2.51. The molecule has 16 heavy (non-hydrogen) atoms. The molecule has 0 aliphatic rings. The van der Waals surface area contributed by atoms with E-state index in [0.29, 0.717) is 0 Å². The summed E-state index contributed by atoms with van der Waals surface area (Å²) in [6.07, 6.45) is 0. The van der Waals surface area contributed by atoms with Gasteiger partial charge in [0.15, 0.2) is 9.84 Å². The average Bonchev–Trinajstić information content (AvgIpc) is 2.28. The Labute approximate surface area is 94.9 Å². The lowest BCUT2D eigenvalue weighted by Gasteiger charge is -2.05. The number of likely N-dealkylation sites (N-methyl/N-ethyl adjacent to an activating group) is 1. The molecule has 0 atom stereocenters. The molecule has 86 valence electrons. The van der Waals surface area contributed by atoms with E-state index in [1.54, 1.807) is 18.2 Å². The molecular formula is C11H13NO3S. The van der Waals surface area contributed by atoms with Crippen LogP contribution in [0, 0.1) is 0 Å². The van der Waals surface area contributed by atoms with Crippen LogP contribution in [0.25, 0.3) is 0 Å². The van der Waals surface area contributed by atoms with Gasteiger partial charge in [-0.15, -0.1) is 0 Å². The number of benzene rings is 1. The van der Waals surface area contributed by atoms with E-state index in [2.05, 4.69) is 11.9 Å². The Kier molecular flexibility index (Phi) is 3.84. The molecule has 1 aromatic rings.